The molecule has 8 heteroatoms. The molecular formula is C16H19BN4O3. The Hall–Kier alpha value is -2.34. The molecule has 2 radical (unpaired) electrons. The number of nitrogens with zero attached hydrogens (tertiary/aromatic N) is 2. The summed E-state index contributed by atoms with van der Waals surface area (Å²) in [5.74, 6) is 2.93. The van der Waals surface area contributed by atoms with Crippen LogP contribution in [0.15, 0.2) is 18.2 Å². The lowest BCUT2D eigenvalue weighted by molar-refractivity contribution is -0.136. The molecule has 124 valence electrons. The number of aromatic nitrogens is 2. The standard InChI is InChI=1S/C16H19BN4O3/c1-3-4-7-21(15(22)9-18-16(23)24-2)10-14-19-12-6-5-11(17)8-13(12)20-14/h1,5-6,8,16,18,23H,4,7,9-10H2,2H3,(H,19,20). The number of carbonyl (C=O) groups is 1. The fraction of sp³-hybridized carbons (Fsp3) is 0.375. The van der Waals surface area contributed by atoms with Crippen LogP contribution in [-0.4, -0.2) is 60.3 Å². The third kappa shape index (κ3) is 4.83. The molecule has 0 aliphatic rings. The van der Waals surface area contributed by atoms with Crippen LogP contribution in [-0.2, 0) is 16.1 Å². The first kappa shape index (κ1) is 18.0. The Morgan fingerprint density at radius 2 is 2.42 bits per heavy atom. The smallest absolute Gasteiger partial charge is 0.237 e. The number of fused-ring (bicyclic) bond motifs is 1. The summed E-state index contributed by atoms with van der Waals surface area (Å²) in [5.41, 5.74) is 2.22. The van der Waals surface area contributed by atoms with Gasteiger partial charge in [0, 0.05) is 20.1 Å². The van der Waals surface area contributed by atoms with E-state index >= 15 is 0 Å². The second-order valence-corrected chi connectivity index (χ2v) is 5.20. The number of hydrogen-bond acceptors (Lipinski definition) is 5. The van der Waals surface area contributed by atoms with Crippen LogP contribution >= 0.6 is 0 Å². The first-order chi connectivity index (χ1) is 11.5. The molecule has 0 aliphatic carbocycles. The third-order valence-corrected chi connectivity index (χ3v) is 3.43. The maximum absolute atomic E-state index is 12.3. The van der Waals surface area contributed by atoms with Gasteiger partial charge in [-0.1, -0.05) is 11.5 Å². The highest BCUT2D eigenvalue weighted by Gasteiger charge is 2.16. The monoisotopic (exact) mass is 326 g/mol. The number of ether oxygens (including phenoxy) is 1. The number of terminal acetylenes is 1. The number of amides is 1. The van der Waals surface area contributed by atoms with E-state index in [1.807, 2.05) is 6.07 Å². The number of H-pyrrole nitrogens is 1. The summed E-state index contributed by atoms with van der Waals surface area (Å²) in [6.45, 7) is 0.589. The molecule has 1 unspecified atom stereocenters. The van der Waals surface area contributed by atoms with Crippen molar-refractivity contribution in [3.63, 3.8) is 0 Å². The minimum Gasteiger partial charge on any atom is -0.356 e. The number of imidazole rings is 1. The van der Waals surface area contributed by atoms with E-state index in [9.17, 15) is 9.90 Å². The zero-order chi connectivity index (χ0) is 17.5. The Balaban J connectivity index is 2.08. The summed E-state index contributed by atoms with van der Waals surface area (Å²) in [7, 11) is 7.08. The van der Waals surface area contributed by atoms with Crippen molar-refractivity contribution in [1.82, 2.24) is 20.2 Å². The molecule has 0 bridgehead atoms. The Kier molecular flexibility index (Phi) is 6.38. The number of aromatic amines is 1. The second-order valence-electron chi connectivity index (χ2n) is 5.20. The molecule has 24 heavy (non-hydrogen) atoms. The van der Waals surface area contributed by atoms with Crippen LogP contribution < -0.4 is 10.8 Å². The van der Waals surface area contributed by atoms with E-state index in [0.717, 1.165) is 11.0 Å². The maximum Gasteiger partial charge on any atom is 0.237 e. The predicted octanol–water partition coefficient (Wildman–Crippen LogP) is -0.779. The fourth-order valence-electron chi connectivity index (χ4n) is 2.20. The molecule has 7 nitrogen and oxygen atoms in total. The van der Waals surface area contributed by atoms with Gasteiger partial charge in [0.25, 0.3) is 0 Å². The van der Waals surface area contributed by atoms with Crippen LogP contribution in [0.25, 0.3) is 11.0 Å². The Morgan fingerprint density at radius 1 is 1.62 bits per heavy atom. The van der Waals surface area contributed by atoms with E-state index in [0.29, 0.717) is 24.3 Å². The van der Waals surface area contributed by atoms with E-state index in [-0.39, 0.29) is 19.0 Å². The van der Waals surface area contributed by atoms with Crippen LogP contribution in [0.1, 0.15) is 12.2 Å². The van der Waals surface area contributed by atoms with Gasteiger partial charge in [0.1, 0.15) is 13.7 Å². The van der Waals surface area contributed by atoms with Gasteiger partial charge in [0.15, 0.2) is 0 Å². The number of rotatable bonds is 8. The predicted molar refractivity (Wildman–Crippen MR) is 91.4 cm³/mol. The number of nitrogens with one attached hydrogen (secondary N) is 2. The quantitative estimate of drug-likeness (QED) is 0.336. The topological polar surface area (TPSA) is 90.5 Å². The highest BCUT2D eigenvalue weighted by atomic mass is 16.6. The minimum absolute atomic E-state index is 0.0766. The molecule has 1 aromatic heterocycles. The van der Waals surface area contributed by atoms with Crippen molar-refractivity contribution >= 4 is 30.2 Å². The van der Waals surface area contributed by atoms with Gasteiger partial charge in [-0.15, -0.1) is 12.3 Å². The minimum atomic E-state index is -1.20. The van der Waals surface area contributed by atoms with Crippen LogP contribution in [0.3, 0.4) is 0 Å². The molecule has 0 fully saturated rings. The second kappa shape index (κ2) is 8.50. The van der Waals surface area contributed by atoms with Crippen molar-refractivity contribution in [3.05, 3.63) is 24.0 Å². The summed E-state index contributed by atoms with van der Waals surface area (Å²) in [4.78, 5) is 21.5. The van der Waals surface area contributed by atoms with Gasteiger partial charge < -0.3 is 19.7 Å². The van der Waals surface area contributed by atoms with Gasteiger partial charge in [-0.05, 0) is 12.1 Å². The van der Waals surface area contributed by atoms with Crippen molar-refractivity contribution in [3.8, 4) is 12.3 Å². The summed E-state index contributed by atoms with van der Waals surface area (Å²) >= 11 is 0. The number of benzene rings is 1. The molecule has 2 rings (SSSR count). The molecule has 0 saturated carbocycles. The van der Waals surface area contributed by atoms with E-state index in [1.165, 1.54) is 7.11 Å². The number of methoxy groups -OCH3 is 1. The molecule has 1 heterocycles. The maximum atomic E-state index is 12.3. The van der Waals surface area contributed by atoms with E-state index in [2.05, 4.69) is 25.9 Å². The van der Waals surface area contributed by atoms with Crippen LogP contribution in [0.5, 0.6) is 0 Å². The van der Waals surface area contributed by atoms with Crippen LogP contribution in [0.2, 0.25) is 0 Å². The van der Waals surface area contributed by atoms with Crippen molar-refractivity contribution in [2.45, 2.75) is 19.4 Å². The average molecular weight is 326 g/mol. The SMILES string of the molecule is [B]c1ccc2nc(CN(CCC#C)C(=O)CNC(O)OC)[nH]c2c1. The number of aliphatic hydroxyl groups excluding tert-OH is 1. The molecule has 0 aliphatic heterocycles. The van der Waals surface area contributed by atoms with Gasteiger partial charge >= 0.3 is 0 Å². The Labute approximate surface area is 141 Å². The molecule has 0 spiro atoms. The summed E-state index contributed by atoms with van der Waals surface area (Å²) in [6, 6.07) is 5.37. The normalized spacial score (nSPS) is 12.0. The number of carbonyl (C=O) groups excluding carboxylic acids is 1. The first-order valence-corrected chi connectivity index (χ1v) is 7.43. The van der Waals surface area contributed by atoms with E-state index in [1.54, 1.807) is 17.0 Å². The van der Waals surface area contributed by atoms with E-state index < -0.39 is 6.41 Å². The highest BCUT2D eigenvalue weighted by molar-refractivity contribution is 6.33. The highest BCUT2D eigenvalue weighted by Crippen LogP contribution is 2.11. The average Bonchev–Trinajstić information content (AvgIpc) is 2.97. The van der Waals surface area contributed by atoms with E-state index in [4.69, 9.17) is 14.3 Å². The van der Waals surface area contributed by atoms with Crippen molar-refractivity contribution in [2.24, 2.45) is 0 Å². The zero-order valence-corrected chi connectivity index (χ0v) is 13.5. The summed E-state index contributed by atoms with van der Waals surface area (Å²) < 4.78 is 4.64. The van der Waals surface area contributed by atoms with Crippen molar-refractivity contribution in [2.75, 3.05) is 20.2 Å². The van der Waals surface area contributed by atoms with Crippen molar-refractivity contribution < 1.29 is 14.6 Å². The first-order valence-electron chi connectivity index (χ1n) is 7.43. The molecule has 2 aromatic rings. The third-order valence-electron chi connectivity index (χ3n) is 3.43. The largest absolute Gasteiger partial charge is 0.356 e. The van der Waals surface area contributed by atoms with Crippen LogP contribution in [0.4, 0.5) is 0 Å². The molecule has 1 atom stereocenters. The lowest BCUT2D eigenvalue weighted by atomic mass is 9.96. The van der Waals surface area contributed by atoms with Gasteiger partial charge in [-0.3, -0.25) is 10.1 Å². The molecular weight excluding hydrogens is 307 g/mol. The van der Waals surface area contributed by atoms with Gasteiger partial charge in [-0.2, -0.15) is 0 Å². The lowest BCUT2D eigenvalue weighted by Gasteiger charge is -2.21. The summed E-state index contributed by atoms with van der Waals surface area (Å²) in [5, 5.41) is 11.9. The summed E-state index contributed by atoms with van der Waals surface area (Å²) in [6.07, 6.45) is 4.52. The van der Waals surface area contributed by atoms with Gasteiger partial charge in [0.05, 0.1) is 24.1 Å². The van der Waals surface area contributed by atoms with Crippen molar-refractivity contribution in [1.29, 1.82) is 0 Å². The van der Waals surface area contributed by atoms with Gasteiger partial charge in [0.2, 0.25) is 12.3 Å². The van der Waals surface area contributed by atoms with Crippen LogP contribution in [0, 0.1) is 12.3 Å². The lowest BCUT2D eigenvalue weighted by Crippen LogP contribution is -2.42. The Bertz CT molecular complexity index is 740. The van der Waals surface area contributed by atoms with Gasteiger partial charge in [-0.25, -0.2) is 4.98 Å². The molecule has 1 amide bonds. The molecule has 1 aromatic carbocycles. The number of aliphatic hydroxyl groups is 1. The number of hydrogen-bond donors (Lipinski definition) is 3. The molecule has 3 N–H and O–H groups in total. The zero-order valence-electron chi connectivity index (χ0n) is 13.5. The molecule has 0 saturated heterocycles. The fourth-order valence-corrected chi connectivity index (χ4v) is 2.20. The Morgan fingerprint density at radius 3 is 3.12 bits per heavy atom.